The molecule has 114 valence electrons. The van der Waals surface area contributed by atoms with Crippen LogP contribution in [0.2, 0.25) is 0 Å². The van der Waals surface area contributed by atoms with Crippen molar-refractivity contribution < 1.29 is 4.79 Å². The smallest absolute Gasteiger partial charge is 0.235 e. The Morgan fingerprint density at radius 3 is 2.76 bits per heavy atom. The van der Waals surface area contributed by atoms with Gasteiger partial charge in [-0.2, -0.15) is 10.4 Å². The van der Waals surface area contributed by atoms with Crippen molar-refractivity contribution in [3.05, 3.63) is 18.5 Å². The van der Waals surface area contributed by atoms with Crippen molar-refractivity contribution in [2.24, 2.45) is 0 Å². The van der Waals surface area contributed by atoms with Crippen LogP contribution >= 0.6 is 0 Å². The van der Waals surface area contributed by atoms with Gasteiger partial charge in [0.25, 0.3) is 0 Å². The Labute approximate surface area is 125 Å². The summed E-state index contributed by atoms with van der Waals surface area (Å²) in [6, 6.07) is 4.41. The predicted molar refractivity (Wildman–Crippen MR) is 79.4 cm³/mol. The second kappa shape index (κ2) is 6.72. The number of aromatic nitrogens is 2. The van der Waals surface area contributed by atoms with Crippen LogP contribution in [0.3, 0.4) is 0 Å². The molecule has 2 N–H and O–H groups in total. The van der Waals surface area contributed by atoms with E-state index >= 15 is 0 Å². The molecule has 0 spiro atoms. The molecule has 0 bridgehead atoms. The standard InChI is InChI=1S/C15H23N5O/c1-12(13(2)20-9-5-8-18-20)17-10-14(21)19-15(11-16)6-3-4-7-15/h5,8-9,12-13,17H,3-4,6-7,10H2,1-2H3,(H,19,21). The number of amides is 1. The molecule has 1 aliphatic rings. The summed E-state index contributed by atoms with van der Waals surface area (Å²) in [5, 5.41) is 19.6. The Hall–Kier alpha value is -1.87. The maximum atomic E-state index is 12.0. The normalized spacial score (nSPS) is 19.7. The summed E-state index contributed by atoms with van der Waals surface area (Å²) in [6.07, 6.45) is 7.18. The van der Waals surface area contributed by atoms with Crippen LogP contribution in [0, 0.1) is 11.3 Å². The highest BCUT2D eigenvalue weighted by Gasteiger charge is 2.35. The molecule has 2 rings (SSSR count). The zero-order valence-electron chi connectivity index (χ0n) is 12.7. The summed E-state index contributed by atoms with van der Waals surface area (Å²) in [5.41, 5.74) is -0.643. The van der Waals surface area contributed by atoms with E-state index in [0.717, 1.165) is 25.7 Å². The second-order valence-corrected chi connectivity index (χ2v) is 5.85. The fraction of sp³-hybridized carbons (Fsp3) is 0.667. The number of nitriles is 1. The Balaban J connectivity index is 1.80. The van der Waals surface area contributed by atoms with E-state index in [2.05, 4.69) is 28.7 Å². The molecule has 6 nitrogen and oxygen atoms in total. The molecule has 2 unspecified atom stereocenters. The molecule has 21 heavy (non-hydrogen) atoms. The van der Waals surface area contributed by atoms with Gasteiger partial charge in [-0.3, -0.25) is 9.48 Å². The number of hydrogen-bond donors (Lipinski definition) is 2. The molecule has 0 radical (unpaired) electrons. The lowest BCUT2D eigenvalue weighted by molar-refractivity contribution is -0.121. The van der Waals surface area contributed by atoms with Crippen LogP contribution in [0.1, 0.15) is 45.6 Å². The second-order valence-electron chi connectivity index (χ2n) is 5.85. The van der Waals surface area contributed by atoms with Gasteiger partial charge in [0.15, 0.2) is 0 Å². The van der Waals surface area contributed by atoms with Crippen molar-refractivity contribution >= 4 is 5.91 Å². The minimum atomic E-state index is -0.643. The summed E-state index contributed by atoms with van der Waals surface area (Å²) in [6.45, 7) is 4.29. The average Bonchev–Trinajstić information content (AvgIpc) is 3.15. The topological polar surface area (TPSA) is 82.7 Å². The van der Waals surface area contributed by atoms with Crippen molar-refractivity contribution in [2.75, 3.05) is 6.54 Å². The average molecular weight is 289 g/mol. The van der Waals surface area contributed by atoms with Crippen LogP contribution in [0.4, 0.5) is 0 Å². The van der Waals surface area contributed by atoms with E-state index in [1.165, 1.54) is 0 Å². The van der Waals surface area contributed by atoms with Gasteiger partial charge in [-0.25, -0.2) is 0 Å². The van der Waals surface area contributed by atoms with Gasteiger partial charge in [0.05, 0.1) is 18.7 Å². The van der Waals surface area contributed by atoms with Gasteiger partial charge < -0.3 is 10.6 Å². The van der Waals surface area contributed by atoms with Gasteiger partial charge in [-0.15, -0.1) is 0 Å². The van der Waals surface area contributed by atoms with Crippen molar-refractivity contribution in [3.8, 4) is 6.07 Å². The lowest BCUT2D eigenvalue weighted by Gasteiger charge is -2.24. The van der Waals surface area contributed by atoms with Crippen LogP contribution in [0.25, 0.3) is 0 Å². The third-order valence-corrected chi connectivity index (χ3v) is 4.30. The molecular formula is C15H23N5O. The lowest BCUT2D eigenvalue weighted by atomic mass is 10.00. The van der Waals surface area contributed by atoms with E-state index in [-0.39, 0.29) is 24.5 Å². The highest BCUT2D eigenvalue weighted by molar-refractivity contribution is 5.79. The number of carbonyl (C=O) groups is 1. The number of hydrogen-bond acceptors (Lipinski definition) is 4. The minimum absolute atomic E-state index is 0.109. The van der Waals surface area contributed by atoms with Crippen LogP contribution < -0.4 is 10.6 Å². The number of nitrogens with zero attached hydrogens (tertiary/aromatic N) is 3. The molecule has 6 heteroatoms. The zero-order chi connectivity index (χ0) is 15.3. The molecular weight excluding hydrogens is 266 g/mol. The van der Waals surface area contributed by atoms with Gasteiger partial charge in [0.1, 0.15) is 5.54 Å². The molecule has 1 aromatic rings. The lowest BCUT2D eigenvalue weighted by Crippen LogP contribution is -2.49. The van der Waals surface area contributed by atoms with Crippen LogP contribution in [0.15, 0.2) is 18.5 Å². The quantitative estimate of drug-likeness (QED) is 0.828. The summed E-state index contributed by atoms with van der Waals surface area (Å²) in [5.74, 6) is -0.113. The van der Waals surface area contributed by atoms with Gasteiger partial charge in [-0.1, -0.05) is 0 Å². The molecule has 1 fully saturated rings. The summed E-state index contributed by atoms with van der Waals surface area (Å²) in [7, 11) is 0. The highest BCUT2D eigenvalue weighted by Crippen LogP contribution is 2.28. The van der Waals surface area contributed by atoms with E-state index in [0.29, 0.717) is 0 Å². The fourth-order valence-corrected chi connectivity index (χ4v) is 2.73. The predicted octanol–water partition coefficient (Wildman–Crippen LogP) is 1.37. The molecule has 2 atom stereocenters. The molecule has 1 amide bonds. The fourth-order valence-electron chi connectivity index (χ4n) is 2.73. The van der Waals surface area contributed by atoms with Crippen molar-refractivity contribution in [2.45, 2.75) is 57.2 Å². The number of rotatable bonds is 6. The molecule has 1 saturated carbocycles. The third-order valence-electron chi connectivity index (χ3n) is 4.30. The Morgan fingerprint density at radius 1 is 1.48 bits per heavy atom. The van der Waals surface area contributed by atoms with Gasteiger partial charge >= 0.3 is 0 Å². The first-order valence-corrected chi connectivity index (χ1v) is 7.51. The van der Waals surface area contributed by atoms with Crippen molar-refractivity contribution in [1.29, 1.82) is 5.26 Å². The van der Waals surface area contributed by atoms with Gasteiger partial charge in [-0.05, 0) is 45.6 Å². The Kier molecular flexibility index (Phi) is 4.97. The Morgan fingerprint density at radius 2 is 2.19 bits per heavy atom. The molecule has 0 aliphatic heterocycles. The first kappa shape index (κ1) is 15.5. The largest absolute Gasteiger partial charge is 0.337 e. The maximum absolute atomic E-state index is 12.0. The van der Waals surface area contributed by atoms with Gasteiger partial charge in [0, 0.05) is 18.4 Å². The number of nitrogens with one attached hydrogen (secondary N) is 2. The summed E-state index contributed by atoms with van der Waals surface area (Å²) in [4.78, 5) is 12.0. The molecule has 1 heterocycles. The first-order valence-electron chi connectivity index (χ1n) is 7.51. The van der Waals surface area contributed by atoms with E-state index in [1.54, 1.807) is 6.20 Å². The third kappa shape index (κ3) is 3.82. The summed E-state index contributed by atoms with van der Waals surface area (Å²) < 4.78 is 1.86. The van der Waals surface area contributed by atoms with E-state index < -0.39 is 5.54 Å². The van der Waals surface area contributed by atoms with Crippen LogP contribution in [0.5, 0.6) is 0 Å². The van der Waals surface area contributed by atoms with Gasteiger partial charge in [0.2, 0.25) is 5.91 Å². The van der Waals surface area contributed by atoms with E-state index in [4.69, 9.17) is 0 Å². The maximum Gasteiger partial charge on any atom is 0.235 e. The Bertz CT molecular complexity index is 499. The minimum Gasteiger partial charge on any atom is -0.337 e. The molecule has 1 aromatic heterocycles. The van der Waals surface area contributed by atoms with Crippen LogP contribution in [-0.2, 0) is 4.79 Å². The molecule has 0 aromatic carbocycles. The first-order chi connectivity index (χ1) is 10.1. The summed E-state index contributed by atoms with van der Waals surface area (Å²) >= 11 is 0. The molecule has 0 saturated heterocycles. The molecule has 1 aliphatic carbocycles. The van der Waals surface area contributed by atoms with Crippen molar-refractivity contribution in [1.82, 2.24) is 20.4 Å². The van der Waals surface area contributed by atoms with Crippen LogP contribution in [-0.4, -0.2) is 33.8 Å². The highest BCUT2D eigenvalue weighted by atomic mass is 16.2. The SMILES string of the molecule is CC(NCC(=O)NC1(C#N)CCCC1)C(C)n1cccn1. The number of carbonyl (C=O) groups excluding carboxylic acids is 1. The monoisotopic (exact) mass is 289 g/mol. The van der Waals surface area contributed by atoms with E-state index in [9.17, 15) is 10.1 Å². The zero-order valence-corrected chi connectivity index (χ0v) is 12.7. The van der Waals surface area contributed by atoms with Crippen molar-refractivity contribution in [3.63, 3.8) is 0 Å². The van der Waals surface area contributed by atoms with E-state index in [1.807, 2.05) is 23.9 Å².